The number of benzene rings is 2. The number of hydrogen-bond donors (Lipinski definition) is 1. The van der Waals surface area contributed by atoms with Crippen LogP contribution < -0.4 is 0 Å². The van der Waals surface area contributed by atoms with Crippen molar-refractivity contribution in [3.05, 3.63) is 58.9 Å². The van der Waals surface area contributed by atoms with Crippen molar-refractivity contribution in [1.29, 1.82) is 0 Å². The molecule has 1 N–H and O–H groups in total. The molecule has 0 unspecified atom stereocenters. The lowest BCUT2D eigenvalue weighted by atomic mass is 9.99. The molecular formula is C15H13FO2. The minimum Gasteiger partial charge on any atom is -0.478 e. The van der Waals surface area contributed by atoms with E-state index in [2.05, 4.69) is 0 Å². The Hall–Kier alpha value is -2.16. The van der Waals surface area contributed by atoms with Gasteiger partial charge in [-0.3, -0.25) is 0 Å². The molecule has 0 amide bonds. The van der Waals surface area contributed by atoms with Crippen LogP contribution in [0.3, 0.4) is 0 Å². The standard InChI is InChI=1S/C15H13FO2/c1-9-5-12(7-13(6-9)15(17)18)11-4-3-10(2)14(16)8-11/h3-8H,1-2H3,(H,17,18). The monoisotopic (exact) mass is 244 g/mol. The first-order valence-corrected chi connectivity index (χ1v) is 5.59. The van der Waals surface area contributed by atoms with E-state index in [0.717, 1.165) is 5.56 Å². The lowest BCUT2D eigenvalue weighted by Gasteiger charge is -2.06. The molecule has 2 aromatic carbocycles. The molecule has 0 aliphatic heterocycles. The van der Waals surface area contributed by atoms with Gasteiger partial charge in [0.1, 0.15) is 5.82 Å². The predicted octanol–water partition coefficient (Wildman–Crippen LogP) is 3.81. The summed E-state index contributed by atoms with van der Waals surface area (Å²) in [6.45, 7) is 3.51. The fraction of sp³-hybridized carbons (Fsp3) is 0.133. The first kappa shape index (κ1) is 12.3. The van der Waals surface area contributed by atoms with E-state index in [9.17, 15) is 9.18 Å². The molecule has 2 rings (SSSR count). The van der Waals surface area contributed by atoms with Crippen LogP contribution in [0.4, 0.5) is 4.39 Å². The maximum Gasteiger partial charge on any atom is 0.335 e. The summed E-state index contributed by atoms with van der Waals surface area (Å²) >= 11 is 0. The van der Waals surface area contributed by atoms with Gasteiger partial charge in [0.25, 0.3) is 0 Å². The topological polar surface area (TPSA) is 37.3 Å². The smallest absolute Gasteiger partial charge is 0.335 e. The quantitative estimate of drug-likeness (QED) is 0.872. The van der Waals surface area contributed by atoms with Gasteiger partial charge in [0.15, 0.2) is 0 Å². The number of carboxylic acids is 1. The molecule has 2 aromatic rings. The van der Waals surface area contributed by atoms with Crippen LogP contribution in [0.2, 0.25) is 0 Å². The minimum atomic E-state index is -0.979. The van der Waals surface area contributed by atoms with Crippen molar-refractivity contribution in [2.45, 2.75) is 13.8 Å². The zero-order chi connectivity index (χ0) is 13.3. The van der Waals surface area contributed by atoms with Crippen LogP contribution in [0.5, 0.6) is 0 Å². The van der Waals surface area contributed by atoms with Crippen LogP contribution in [0.1, 0.15) is 21.5 Å². The van der Waals surface area contributed by atoms with E-state index in [0.29, 0.717) is 16.7 Å². The van der Waals surface area contributed by atoms with Gasteiger partial charge in [0.05, 0.1) is 5.56 Å². The van der Waals surface area contributed by atoms with Crippen molar-refractivity contribution in [2.24, 2.45) is 0 Å². The van der Waals surface area contributed by atoms with Gasteiger partial charge in [0, 0.05) is 0 Å². The summed E-state index contributed by atoms with van der Waals surface area (Å²) in [5.74, 6) is -1.27. The predicted molar refractivity (Wildman–Crippen MR) is 68.3 cm³/mol. The van der Waals surface area contributed by atoms with Crippen molar-refractivity contribution in [3.63, 3.8) is 0 Å². The van der Waals surface area contributed by atoms with E-state index in [4.69, 9.17) is 5.11 Å². The van der Waals surface area contributed by atoms with Gasteiger partial charge in [-0.1, -0.05) is 18.2 Å². The fourth-order valence-corrected chi connectivity index (χ4v) is 1.85. The molecule has 0 aliphatic carbocycles. The molecular weight excluding hydrogens is 231 g/mol. The Morgan fingerprint density at radius 1 is 1.06 bits per heavy atom. The molecule has 92 valence electrons. The van der Waals surface area contributed by atoms with Gasteiger partial charge in [0.2, 0.25) is 0 Å². The van der Waals surface area contributed by atoms with Crippen molar-refractivity contribution in [1.82, 2.24) is 0 Å². The van der Waals surface area contributed by atoms with Crippen LogP contribution in [0, 0.1) is 19.7 Å². The summed E-state index contributed by atoms with van der Waals surface area (Å²) in [6, 6.07) is 9.90. The first-order valence-electron chi connectivity index (χ1n) is 5.59. The lowest BCUT2D eigenvalue weighted by molar-refractivity contribution is 0.0697. The van der Waals surface area contributed by atoms with Gasteiger partial charge < -0.3 is 5.11 Å². The highest BCUT2D eigenvalue weighted by molar-refractivity contribution is 5.89. The summed E-state index contributed by atoms with van der Waals surface area (Å²) in [6.07, 6.45) is 0. The molecule has 0 aromatic heterocycles. The second kappa shape index (κ2) is 4.61. The maximum absolute atomic E-state index is 13.5. The molecule has 3 heteroatoms. The van der Waals surface area contributed by atoms with Gasteiger partial charge in [-0.25, -0.2) is 9.18 Å². The average Bonchev–Trinajstić information content (AvgIpc) is 2.31. The second-order valence-corrected chi connectivity index (χ2v) is 4.36. The van der Waals surface area contributed by atoms with Crippen LogP contribution in [-0.2, 0) is 0 Å². The highest BCUT2D eigenvalue weighted by Crippen LogP contribution is 2.24. The Kier molecular flexibility index (Phi) is 3.15. The van der Waals surface area contributed by atoms with Crippen LogP contribution >= 0.6 is 0 Å². The minimum absolute atomic E-state index is 0.214. The molecule has 0 fully saturated rings. The van der Waals surface area contributed by atoms with Crippen LogP contribution in [-0.4, -0.2) is 11.1 Å². The Balaban J connectivity index is 2.56. The van der Waals surface area contributed by atoms with Crippen molar-refractivity contribution >= 4 is 5.97 Å². The summed E-state index contributed by atoms with van der Waals surface area (Å²) in [5, 5.41) is 9.01. The lowest BCUT2D eigenvalue weighted by Crippen LogP contribution is -1.97. The molecule has 0 radical (unpaired) electrons. The molecule has 0 atom stereocenters. The van der Waals surface area contributed by atoms with E-state index >= 15 is 0 Å². The normalized spacial score (nSPS) is 10.4. The van der Waals surface area contributed by atoms with E-state index < -0.39 is 5.97 Å². The number of aryl methyl sites for hydroxylation is 2. The number of carbonyl (C=O) groups is 1. The molecule has 0 heterocycles. The Bertz CT molecular complexity index is 618. The Morgan fingerprint density at radius 2 is 1.78 bits per heavy atom. The Morgan fingerprint density at radius 3 is 2.39 bits per heavy atom. The number of rotatable bonds is 2. The van der Waals surface area contributed by atoms with E-state index in [-0.39, 0.29) is 11.4 Å². The summed E-state index contributed by atoms with van der Waals surface area (Å²) in [7, 11) is 0. The van der Waals surface area contributed by atoms with Gasteiger partial charge >= 0.3 is 5.97 Å². The van der Waals surface area contributed by atoms with E-state index in [1.165, 1.54) is 6.07 Å². The molecule has 2 nitrogen and oxygen atoms in total. The van der Waals surface area contributed by atoms with Crippen molar-refractivity contribution < 1.29 is 14.3 Å². The molecule has 18 heavy (non-hydrogen) atoms. The fourth-order valence-electron chi connectivity index (χ4n) is 1.85. The zero-order valence-corrected chi connectivity index (χ0v) is 10.2. The summed E-state index contributed by atoms with van der Waals surface area (Å²) in [4.78, 5) is 11.0. The first-order chi connectivity index (χ1) is 8.47. The molecule has 0 spiro atoms. The third-order valence-corrected chi connectivity index (χ3v) is 2.83. The van der Waals surface area contributed by atoms with Crippen molar-refractivity contribution in [3.8, 4) is 11.1 Å². The maximum atomic E-state index is 13.5. The van der Waals surface area contributed by atoms with E-state index in [1.807, 2.05) is 13.0 Å². The third-order valence-electron chi connectivity index (χ3n) is 2.83. The molecule has 0 saturated carbocycles. The number of hydrogen-bond acceptors (Lipinski definition) is 1. The van der Waals surface area contributed by atoms with Crippen molar-refractivity contribution in [2.75, 3.05) is 0 Å². The Labute approximate surface area is 105 Å². The summed E-state index contributed by atoms with van der Waals surface area (Å²) in [5.41, 5.74) is 3.03. The SMILES string of the molecule is Cc1cc(C(=O)O)cc(-c2ccc(C)c(F)c2)c1. The number of aromatic carboxylic acids is 1. The molecule has 0 bridgehead atoms. The summed E-state index contributed by atoms with van der Waals surface area (Å²) < 4.78 is 13.5. The average molecular weight is 244 g/mol. The number of halogens is 1. The zero-order valence-electron chi connectivity index (χ0n) is 10.2. The highest BCUT2D eigenvalue weighted by atomic mass is 19.1. The highest BCUT2D eigenvalue weighted by Gasteiger charge is 2.08. The van der Waals surface area contributed by atoms with E-state index in [1.54, 1.807) is 31.2 Å². The van der Waals surface area contributed by atoms with Gasteiger partial charge in [-0.05, 0) is 54.3 Å². The van der Waals surface area contributed by atoms with Crippen LogP contribution in [0.25, 0.3) is 11.1 Å². The molecule has 0 saturated heterocycles. The third kappa shape index (κ3) is 2.40. The second-order valence-electron chi connectivity index (χ2n) is 4.36. The van der Waals surface area contributed by atoms with Crippen LogP contribution in [0.15, 0.2) is 36.4 Å². The molecule has 0 aliphatic rings. The number of carboxylic acid groups (broad SMARTS) is 1. The van der Waals surface area contributed by atoms with Gasteiger partial charge in [-0.2, -0.15) is 0 Å². The largest absolute Gasteiger partial charge is 0.478 e. The van der Waals surface area contributed by atoms with Gasteiger partial charge in [-0.15, -0.1) is 0 Å².